The predicted octanol–water partition coefficient (Wildman–Crippen LogP) is 1.39. The first-order chi connectivity index (χ1) is 8.92. The molecule has 0 bridgehead atoms. The number of aryl methyl sites for hydroxylation is 1. The zero-order valence-electron chi connectivity index (χ0n) is 11.1. The van der Waals surface area contributed by atoms with Crippen LogP contribution in [0.3, 0.4) is 0 Å². The SMILES string of the molecule is CCN(CC(N)=O)CC(=O)Nc1cc(Cl)ccc1C. The molecular formula is C13H18ClN3O2. The number of anilines is 1. The maximum absolute atomic E-state index is 11.9. The van der Waals surface area contributed by atoms with Gasteiger partial charge in [-0.15, -0.1) is 0 Å². The number of carbonyl (C=O) groups is 2. The minimum Gasteiger partial charge on any atom is -0.369 e. The minimum atomic E-state index is -0.450. The summed E-state index contributed by atoms with van der Waals surface area (Å²) >= 11 is 5.88. The number of amides is 2. The molecule has 0 atom stereocenters. The van der Waals surface area contributed by atoms with E-state index in [9.17, 15) is 9.59 Å². The Balaban J connectivity index is 2.63. The molecule has 1 rings (SSSR count). The van der Waals surface area contributed by atoms with Crippen molar-refractivity contribution in [2.24, 2.45) is 5.73 Å². The third-order valence-electron chi connectivity index (χ3n) is 2.67. The second-order valence-corrected chi connectivity index (χ2v) is 4.71. The highest BCUT2D eigenvalue weighted by atomic mass is 35.5. The van der Waals surface area contributed by atoms with E-state index in [0.29, 0.717) is 17.3 Å². The Morgan fingerprint density at radius 3 is 2.63 bits per heavy atom. The zero-order chi connectivity index (χ0) is 14.4. The molecule has 0 spiro atoms. The number of nitrogens with zero attached hydrogens (tertiary/aromatic N) is 1. The Labute approximate surface area is 117 Å². The highest BCUT2D eigenvalue weighted by molar-refractivity contribution is 6.31. The number of hydrogen-bond donors (Lipinski definition) is 2. The van der Waals surface area contributed by atoms with Gasteiger partial charge in [-0.3, -0.25) is 14.5 Å². The number of halogens is 1. The van der Waals surface area contributed by atoms with Gasteiger partial charge < -0.3 is 11.1 Å². The molecule has 104 valence electrons. The normalized spacial score (nSPS) is 10.5. The molecule has 1 aromatic rings. The van der Waals surface area contributed by atoms with E-state index in [1.54, 1.807) is 17.0 Å². The molecule has 6 heteroatoms. The summed E-state index contributed by atoms with van der Waals surface area (Å²) in [5, 5.41) is 3.33. The van der Waals surface area contributed by atoms with Gasteiger partial charge in [0.25, 0.3) is 0 Å². The molecular weight excluding hydrogens is 266 g/mol. The highest BCUT2D eigenvalue weighted by Crippen LogP contribution is 2.19. The lowest BCUT2D eigenvalue weighted by atomic mass is 10.2. The van der Waals surface area contributed by atoms with Crippen LogP contribution >= 0.6 is 11.6 Å². The lowest BCUT2D eigenvalue weighted by Gasteiger charge is -2.18. The molecule has 0 aliphatic rings. The summed E-state index contributed by atoms with van der Waals surface area (Å²) in [4.78, 5) is 24.4. The van der Waals surface area contributed by atoms with Crippen molar-refractivity contribution in [3.05, 3.63) is 28.8 Å². The van der Waals surface area contributed by atoms with Crippen LogP contribution in [0.2, 0.25) is 5.02 Å². The molecule has 5 nitrogen and oxygen atoms in total. The van der Waals surface area contributed by atoms with Crippen LogP contribution in [-0.4, -0.2) is 36.3 Å². The fraction of sp³-hybridized carbons (Fsp3) is 0.385. The van der Waals surface area contributed by atoms with Crippen LogP contribution < -0.4 is 11.1 Å². The average molecular weight is 284 g/mol. The highest BCUT2D eigenvalue weighted by Gasteiger charge is 2.12. The fourth-order valence-corrected chi connectivity index (χ4v) is 1.79. The van der Waals surface area contributed by atoms with Crippen LogP contribution in [-0.2, 0) is 9.59 Å². The molecule has 0 aromatic heterocycles. The summed E-state index contributed by atoms with van der Waals surface area (Å²) < 4.78 is 0. The van der Waals surface area contributed by atoms with E-state index in [1.807, 2.05) is 19.9 Å². The van der Waals surface area contributed by atoms with Gasteiger partial charge in [-0.05, 0) is 31.2 Å². The van der Waals surface area contributed by atoms with Crippen molar-refractivity contribution < 1.29 is 9.59 Å². The Bertz CT molecular complexity index is 477. The van der Waals surface area contributed by atoms with Crippen LogP contribution in [0.1, 0.15) is 12.5 Å². The first-order valence-electron chi connectivity index (χ1n) is 5.99. The second-order valence-electron chi connectivity index (χ2n) is 4.28. The van der Waals surface area contributed by atoms with E-state index in [1.165, 1.54) is 0 Å². The lowest BCUT2D eigenvalue weighted by molar-refractivity contribution is -0.121. The predicted molar refractivity (Wildman–Crippen MR) is 76.1 cm³/mol. The van der Waals surface area contributed by atoms with Gasteiger partial charge >= 0.3 is 0 Å². The maximum atomic E-state index is 11.9. The van der Waals surface area contributed by atoms with E-state index in [4.69, 9.17) is 17.3 Å². The van der Waals surface area contributed by atoms with Gasteiger partial charge in [0.2, 0.25) is 11.8 Å². The van der Waals surface area contributed by atoms with E-state index in [2.05, 4.69) is 5.32 Å². The van der Waals surface area contributed by atoms with Crippen LogP contribution in [0.5, 0.6) is 0 Å². The number of likely N-dealkylation sites (N-methyl/N-ethyl adjacent to an activating group) is 1. The first-order valence-corrected chi connectivity index (χ1v) is 6.36. The molecule has 3 N–H and O–H groups in total. The number of nitrogens with one attached hydrogen (secondary N) is 1. The van der Waals surface area contributed by atoms with Crippen molar-refractivity contribution in [2.45, 2.75) is 13.8 Å². The first kappa shape index (κ1) is 15.5. The molecule has 1 aromatic carbocycles. The van der Waals surface area contributed by atoms with E-state index in [0.717, 1.165) is 5.56 Å². The topological polar surface area (TPSA) is 75.4 Å². The van der Waals surface area contributed by atoms with Crippen LogP contribution in [0.25, 0.3) is 0 Å². The van der Waals surface area contributed by atoms with Crippen molar-refractivity contribution in [3.63, 3.8) is 0 Å². The molecule has 0 radical (unpaired) electrons. The summed E-state index contributed by atoms with van der Waals surface area (Å²) in [7, 11) is 0. The Hall–Kier alpha value is -1.59. The van der Waals surface area contributed by atoms with Gasteiger partial charge in [0.05, 0.1) is 13.1 Å². The number of rotatable bonds is 6. The second kappa shape index (κ2) is 7.11. The number of benzene rings is 1. The van der Waals surface area contributed by atoms with Crippen molar-refractivity contribution >= 4 is 29.1 Å². The van der Waals surface area contributed by atoms with Gasteiger partial charge in [0.15, 0.2) is 0 Å². The molecule has 0 unspecified atom stereocenters. The van der Waals surface area contributed by atoms with Crippen molar-refractivity contribution in [2.75, 3.05) is 25.0 Å². The summed E-state index contributed by atoms with van der Waals surface area (Å²) in [5.74, 6) is -0.651. The monoisotopic (exact) mass is 283 g/mol. The summed E-state index contributed by atoms with van der Waals surface area (Å²) in [6.45, 7) is 4.50. The number of carbonyl (C=O) groups excluding carboxylic acids is 2. The molecule has 0 aliphatic heterocycles. The van der Waals surface area contributed by atoms with Crippen molar-refractivity contribution in [1.29, 1.82) is 0 Å². The Morgan fingerprint density at radius 2 is 2.05 bits per heavy atom. The number of primary amides is 1. The van der Waals surface area contributed by atoms with Gasteiger partial charge in [-0.25, -0.2) is 0 Å². The minimum absolute atomic E-state index is 0.0679. The largest absolute Gasteiger partial charge is 0.369 e. The Kier molecular flexibility index (Phi) is 5.79. The lowest BCUT2D eigenvalue weighted by Crippen LogP contribution is -2.39. The summed E-state index contributed by atoms with van der Waals surface area (Å²) in [6.07, 6.45) is 0. The zero-order valence-corrected chi connectivity index (χ0v) is 11.8. The van der Waals surface area contributed by atoms with E-state index in [-0.39, 0.29) is 19.0 Å². The van der Waals surface area contributed by atoms with Gasteiger partial charge in [-0.1, -0.05) is 24.6 Å². The quantitative estimate of drug-likeness (QED) is 0.828. The third-order valence-corrected chi connectivity index (χ3v) is 2.90. The molecule has 0 aliphatic carbocycles. The van der Waals surface area contributed by atoms with Gasteiger partial charge in [0.1, 0.15) is 0 Å². The smallest absolute Gasteiger partial charge is 0.238 e. The molecule has 2 amide bonds. The van der Waals surface area contributed by atoms with Gasteiger partial charge in [0, 0.05) is 10.7 Å². The summed E-state index contributed by atoms with van der Waals surface area (Å²) in [5.41, 5.74) is 6.71. The van der Waals surface area contributed by atoms with Gasteiger partial charge in [-0.2, -0.15) is 0 Å². The standard InChI is InChI=1S/C13H18ClN3O2/c1-3-17(7-12(15)18)8-13(19)16-11-6-10(14)5-4-9(11)2/h4-6H,3,7-8H2,1-2H3,(H2,15,18)(H,16,19). The Morgan fingerprint density at radius 1 is 1.37 bits per heavy atom. The average Bonchev–Trinajstić information content (AvgIpc) is 2.32. The van der Waals surface area contributed by atoms with Crippen molar-refractivity contribution in [3.8, 4) is 0 Å². The van der Waals surface area contributed by atoms with Crippen LogP contribution in [0.15, 0.2) is 18.2 Å². The molecule has 19 heavy (non-hydrogen) atoms. The maximum Gasteiger partial charge on any atom is 0.238 e. The van der Waals surface area contributed by atoms with Crippen molar-refractivity contribution in [1.82, 2.24) is 4.90 Å². The molecule has 0 saturated heterocycles. The third kappa shape index (κ3) is 5.28. The fourth-order valence-electron chi connectivity index (χ4n) is 1.62. The van der Waals surface area contributed by atoms with E-state index >= 15 is 0 Å². The molecule has 0 fully saturated rings. The van der Waals surface area contributed by atoms with Crippen LogP contribution in [0.4, 0.5) is 5.69 Å². The van der Waals surface area contributed by atoms with E-state index < -0.39 is 5.91 Å². The molecule has 0 heterocycles. The molecule has 0 saturated carbocycles. The summed E-state index contributed by atoms with van der Waals surface area (Å²) in [6, 6.07) is 5.29. The number of nitrogens with two attached hydrogens (primary N) is 1. The van der Waals surface area contributed by atoms with Crippen LogP contribution in [0, 0.1) is 6.92 Å². The number of hydrogen-bond acceptors (Lipinski definition) is 3.